The van der Waals surface area contributed by atoms with Crippen LogP contribution in [0.4, 0.5) is 158 Å². The van der Waals surface area contributed by atoms with Crippen LogP contribution in [0.1, 0.15) is 66.8 Å². The molecule has 0 N–H and O–H groups in total. The van der Waals surface area contributed by atoms with Crippen LogP contribution in [0.5, 0.6) is 11.5 Å². The third-order valence-electron chi connectivity index (χ3n) is 10.2. The van der Waals surface area contributed by atoms with Crippen molar-refractivity contribution in [2.45, 2.75) is 74.1 Å². The second kappa shape index (κ2) is 21.0. The van der Waals surface area contributed by atoms with Crippen LogP contribution in [0.3, 0.4) is 0 Å². The highest BCUT2D eigenvalue weighted by molar-refractivity contribution is 7.69. The molecule has 0 aliphatic rings. The van der Waals surface area contributed by atoms with Crippen LogP contribution in [0, 0.1) is 0 Å². The van der Waals surface area contributed by atoms with Crippen LogP contribution in [-0.2, 0) is 74.1 Å². The Hall–Kier alpha value is -5.96. The SMILES string of the molecule is FC(F)(F)c1cc(C(F)(F)F)c(P(Oc2cccc(OP(c3c(C(F)(F)F)cc(C(F)(F)F)cc3C(F)(F)F)c3c(C(F)(F)F)cc(C(F)(F)F)cc3C(F)(F)F)c2)c2c(C(F)(F)F)cc(C(F)(F)F)cc2C(F)(F)F)c(C(F)(F)F)c1. The van der Waals surface area contributed by atoms with E-state index < -0.39 is 244 Å². The van der Waals surface area contributed by atoms with Crippen LogP contribution in [0.25, 0.3) is 0 Å². The molecule has 0 aliphatic heterocycles. The van der Waals surface area contributed by atoms with Gasteiger partial charge in [-0.3, -0.25) is 0 Å². The van der Waals surface area contributed by atoms with E-state index >= 15 is 0 Å². The molecule has 40 heteroatoms. The van der Waals surface area contributed by atoms with E-state index in [0.29, 0.717) is 0 Å². The number of halogens is 36. The summed E-state index contributed by atoms with van der Waals surface area (Å²) in [4.78, 5) is 0. The molecule has 0 atom stereocenters. The van der Waals surface area contributed by atoms with E-state index in [1.165, 1.54) is 0 Å². The van der Waals surface area contributed by atoms with E-state index in [4.69, 9.17) is 9.05 Å². The lowest BCUT2D eigenvalue weighted by molar-refractivity contribution is -0.150. The maximum absolute atomic E-state index is 14.8. The lowest BCUT2D eigenvalue weighted by Gasteiger charge is -2.32. The fraction of sp³-hybridized carbons (Fsp3) is 0.286. The van der Waals surface area contributed by atoms with Gasteiger partial charge in [-0.25, -0.2) is 0 Å². The summed E-state index contributed by atoms with van der Waals surface area (Å²) in [6.45, 7) is 0. The maximum Gasteiger partial charge on any atom is 0.417 e. The Morgan fingerprint density at radius 2 is 0.354 bits per heavy atom. The van der Waals surface area contributed by atoms with E-state index in [9.17, 15) is 158 Å². The smallest absolute Gasteiger partial charge is 0.417 e. The highest BCUT2D eigenvalue weighted by Gasteiger charge is 2.56. The van der Waals surface area contributed by atoms with Crippen LogP contribution in [0.2, 0.25) is 0 Å². The molecule has 0 radical (unpaired) electrons. The third-order valence-corrected chi connectivity index (χ3v) is 14.5. The predicted octanol–water partition coefficient (Wildman–Crippen LogP) is 18.8. The van der Waals surface area contributed by atoms with Gasteiger partial charge >= 0.3 is 74.1 Å². The molecule has 5 rings (SSSR count). The molecular formula is C42H12F36O2P2. The minimum Gasteiger partial charge on any atom is -0.464 e. The van der Waals surface area contributed by atoms with E-state index in [1.54, 1.807) is 0 Å². The van der Waals surface area contributed by atoms with Crippen molar-refractivity contribution in [3.8, 4) is 11.5 Å². The quantitative estimate of drug-likeness (QED) is 0.114. The van der Waals surface area contributed by atoms with Gasteiger partial charge in [0, 0.05) is 27.3 Å². The molecule has 2 nitrogen and oxygen atoms in total. The van der Waals surface area contributed by atoms with E-state index in [1.807, 2.05) is 0 Å². The Kier molecular flexibility index (Phi) is 17.1. The zero-order valence-corrected chi connectivity index (χ0v) is 39.0. The molecule has 0 saturated heterocycles. The van der Waals surface area contributed by atoms with Gasteiger partial charge in [0.15, 0.2) is 16.3 Å². The Balaban J connectivity index is 2.09. The van der Waals surface area contributed by atoms with Gasteiger partial charge in [0.2, 0.25) is 0 Å². The molecule has 0 spiro atoms. The lowest BCUT2D eigenvalue weighted by Crippen LogP contribution is -2.37. The molecule has 0 aromatic heterocycles. The Morgan fingerprint density at radius 3 is 0.476 bits per heavy atom. The van der Waals surface area contributed by atoms with Crippen LogP contribution in [-0.4, -0.2) is 0 Å². The molecule has 5 aromatic rings. The first kappa shape index (κ1) is 66.8. The van der Waals surface area contributed by atoms with Crippen molar-refractivity contribution >= 4 is 37.5 Å². The molecular weight excluding hydrogens is 1280 g/mol. The van der Waals surface area contributed by atoms with Gasteiger partial charge in [-0.2, -0.15) is 158 Å². The van der Waals surface area contributed by atoms with Gasteiger partial charge in [0.05, 0.1) is 66.8 Å². The number of hydrogen-bond acceptors (Lipinski definition) is 2. The maximum atomic E-state index is 14.8. The lowest BCUT2D eigenvalue weighted by atomic mass is 10.0. The Morgan fingerprint density at radius 1 is 0.207 bits per heavy atom. The van der Waals surface area contributed by atoms with Crippen LogP contribution in [0.15, 0.2) is 72.8 Å². The molecule has 0 amide bonds. The van der Waals surface area contributed by atoms with E-state index in [-0.39, 0.29) is 18.2 Å². The summed E-state index contributed by atoms with van der Waals surface area (Å²) in [5, 5.41) is -13.5. The summed E-state index contributed by atoms with van der Waals surface area (Å²) >= 11 is 0. The first-order valence-corrected chi connectivity index (χ1v) is 22.4. The minimum atomic E-state index is -6.95. The van der Waals surface area contributed by atoms with Gasteiger partial charge in [-0.1, -0.05) is 6.07 Å². The first-order valence-electron chi connectivity index (χ1n) is 19.9. The minimum absolute atomic E-state index is 0.181. The van der Waals surface area contributed by atoms with E-state index in [0.717, 1.165) is 0 Å². The van der Waals surface area contributed by atoms with Crippen molar-refractivity contribution in [1.82, 2.24) is 0 Å². The second-order valence-corrected chi connectivity index (χ2v) is 19.2. The molecule has 5 aromatic carbocycles. The topological polar surface area (TPSA) is 18.5 Å². The van der Waals surface area contributed by atoms with Crippen LogP contribution < -0.4 is 30.3 Å². The van der Waals surface area contributed by atoms with Crippen molar-refractivity contribution in [3.63, 3.8) is 0 Å². The highest BCUT2D eigenvalue weighted by Crippen LogP contribution is 2.56. The van der Waals surface area contributed by atoms with E-state index in [2.05, 4.69) is 0 Å². The molecule has 0 saturated carbocycles. The van der Waals surface area contributed by atoms with Crippen molar-refractivity contribution in [3.05, 3.63) is 140 Å². The Labute approximate surface area is 429 Å². The summed E-state index contributed by atoms with van der Waals surface area (Å²) in [7, 11) is -11.9. The number of rotatable bonds is 8. The zero-order chi connectivity index (χ0) is 63.4. The van der Waals surface area contributed by atoms with Crippen molar-refractivity contribution < 1.29 is 167 Å². The molecule has 0 fully saturated rings. The number of alkyl halides is 36. The molecule has 0 unspecified atom stereocenters. The summed E-state index contributed by atoms with van der Waals surface area (Å²) in [5.41, 5.74) is -41.5. The van der Waals surface area contributed by atoms with Crippen molar-refractivity contribution in [2.75, 3.05) is 0 Å². The average molecular weight is 1290 g/mol. The van der Waals surface area contributed by atoms with Gasteiger partial charge in [0.25, 0.3) is 0 Å². The van der Waals surface area contributed by atoms with Gasteiger partial charge in [-0.15, -0.1) is 0 Å². The van der Waals surface area contributed by atoms with Crippen molar-refractivity contribution in [2.24, 2.45) is 0 Å². The zero-order valence-electron chi connectivity index (χ0n) is 37.2. The summed E-state index contributed by atoms with van der Waals surface area (Å²) in [6.07, 6.45) is -81.4. The van der Waals surface area contributed by atoms with Crippen LogP contribution >= 0.6 is 16.3 Å². The molecule has 0 bridgehead atoms. The summed E-state index contributed by atoms with van der Waals surface area (Å²) in [5.74, 6) is -4.56. The second-order valence-electron chi connectivity index (χ2n) is 15.9. The summed E-state index contributed by atoms with van der Waals surface area (Å²) in [6, 6.07) is -13.0. The predicted molar refractivity (Wildman–Crippen MR) is 206 cm³/mol. The monoisotopic (exact) mass is 1290 g/mol. The molecule has 0 aliphatic carbocycles. The largest absolute Gasteiger partial charge is 0.464 e. The van der Waals surface area contributed by atoms with Gasteiger partial charge < -0.3 is 9.05 Å². The normalized spacial score (nSPS) is 14.3. The van der Waals surface area contributed by atoms with Gasteiger partial charge in [-0.05, 0) is 60.7 Å². The summed E-state index contributed by atoms with van der Waals surface area (Å²) < 4.78 is 532. The third kappa shape index (κ3) is 14.7. The fourth-order valence-electron chi connectivity index (χ4n) is 7.00. The highest BCUT2D eigenvalue weighted by atomic mass is 31.1. The van der Waals surface area contributed by atoms with Gasteiger partial charge in [0.1, 0.15) is 11.5 Å². The average Bonchev–Trinajstić information content (AvgIpc) is 3.25. The number of hydrogen-bond donors (Lipinski definition) is 0. The van der Waals surface area contributed by atoms with Crippen molar-refractivity contribution in [1.29, 1.82) is 0 Å². The molecule has 82 heavy (non-hydrogen) atoms. The molecule has 454 valence electrons. The number of benzene rings is 5. The first-order chi connectivity index (χ1) is 36.3. The fourth-order valence-corrected chi connectivity index (χ4v) is 11.7. The Bertz CT molecular complexity index is 2650. The molecule has 0 heterocycles. The standard InChI is InChI=1S/C42H12F36O2P2/c43-31(44,45)13-4-19(35(55,56)57)27(20(5-13)36(58,59)60)81(28-21(37(61,62)63)6-14(32(46,47)48)7-22(28)38(64,65)66)79-17-2-1-3-18(12-17)80-82(29-23(39(67,68)69)8-15(33(49,50)51)9-24(29)40(70,71)72)30-25(41(73,74)75)10-16(34(52,53)54)11-26(30)42(76,77)78/h1-12H.